The molecule has 94 valence electrons. The molecule has 0 bridgehead atoms. The second-order valence-electron chi connectivity index (χ2n) is 4.94. The first-order valence-corrected chi connectivity index (χ1v) is 6.70. The monoisotopic (exact) mass is 233 g/mol. The topological polar surface area (TPSA) is 42.2 Å². The van der Waals surface area contributed by atoms with Gasteiger partial charge in [-0.15, -0.1) is 0 Å². The second-order valence-corrected chi connectivity index (χ2v) is 4.94. The molecule has 3 heteroatoms. The van der Waals surface area contributed by atoms with Crippen LogP contribution in [0.1, 0.15) is 37.7 Å². The number of anilines is 1. The standard InChI is InChI=1S/C14H23N3/c1-12-11-16-9-7-14(12)17(10-8-15)13-5-3-2-4-6-13/h7,9,11,13H,2-6,8,10,15H2,1H3. The highest BCUT2D eigenvalue weighted by atomic mass is 15.2. The first-order valence-electron chi connectivity index (χ1n) is 6.70. The van der Waals surface area contributed by atoms with Crippen LogP contribution in [0.4, 0.5) is 5.69 Å². The number of rotatable bonds is 4. The Hall–Kier alpha value is -1.09. The average molecular weight is 233 g/mol. The Bertz CT molecular complexity index is 345. The third-order valence-corrected chi connectivity index (χ3v) is 3.69. The van der Waals surface area contributed by atoms with Gasteiger partial charge in [-0.2, -0.15) is 0 Å². The Kier molecular flexibility index (Phi) is 4.37. The van der Waals surface area contributed by atoms with E-state index in [9.17, 15) is 0 Å². The maximum absolute atomic E-state index is 5.77. The van der Waals surface area contributed by atoms with Gasteiger partial charge in [0.25, 0.3) is 0 Å². The number of nitrogens with two attached hydrogens (primary N) is 1. The van der Waals surface area contributed by atoms with Crippen LogP contribution in [0.3, 0.4) is 0 Å². The van der Waals surface area contributed by atoms with Gasteiger partial charge in [0.05, 0.1) is 0 Å². The van der Waals surface area contributed by atoms with Crippen molar-refractivity contribution >= 4 is 5.69 Å². The minimum Gasteiger partial charge on any atom is -0.367 e. The molecule has 17 heavy (non-hydrogen) atoms. The van der Waals surface area contributed by atoms with Crippen LogP contribution in [0.2, 0.25) is 0 Å². The van der Waals surface area contributed by atoms with E-state index in [2.05, 4.69) is 22.9 Å². The quantitative estimate of drug-likeness (QED) is 0.868. The van der Waals surface area contributed by atoms with Crippen LogP contribution >= 0.6 is 0 Å². The molecule has 2 N–H and O–H groups in total. The lowest BCUT2D eigenvalue weighted by atomic mass is 9.93. The fourth-order valence-electron chi connectivity index (χ4n) is 2.82. The molecule has 0 amide bonds. The summed E-state index contributed by atoms with van der Waals surface area (Å²) < 4.78 is 0. The van der Waals surface area contributed by atoms with Crippen molar-refractivity contribution in [3.8, 4) is 0 Å². The van der Waals surface area contributed by atoms with Crippen LogP contribution < -0.4 is 10.6 Å². The molecule has 1 saturated carbocycles. The Morgan fingerprint density at radius 2 is 2.12 bits per heavy atom. The molecule has 0 spiro atoms. The SMILES string of the molecule is Cc1cnccc1N(CCN)C1CCCCC1. The highest BCUT2D eigenvalue weighted by molar-refractivity contribution is 5.52. The number of hydrogen-bond acceptors (Lipinski definition) is 3. The maximum atomic E-state index is 5.77. The second kappa shape index (κ2) is 6.01. The third kappa shape index (κ3) is 2.97. The lowest BCUT2D eigenvalue weighted by Gasteiger charge is -2.36. The van der Waals surface area contributed by atoms with E-state index in [1.54, 1.807) is 0 Å². The Morgan fingerprint density at radius 3 is 2.76 bits per heavy atom. The molecule has 1 aliphatic rings. The molecule has 0 unspecified atom stereocenters. The van der Waals surface area contributed by atoms with Gasteiger partial charge in [0.1, 0.15) is 0 Å². The summed E-state index contributed by atoms with van der Waals surface area (Å²) in [6.45, 7) is 3.81. The highest BCUT2D eigenvalue weighted by Gasteiger charge is 2.21. The van der Waals surface area contributed by atoms with E-state index in [4.69, 9.17) is 5.73 Å². The van der Waals surface area contributed by atoms with Crippen molar-refractivity contribution in [1.29, 1.82) is 0 Å². The molecule has 1 aromatic heterocycles. The molecule has 3 nitrogen and oxygen atoms in total. The first kappa shape index (κ1) is 12.4. The van der Waals surface area contributed by atoms with Crippen LogP contribution in [0.15, 0.2) is 18.5 Å². The number of nitrogens with zero attached hydrogens (tertiary/aromatic N) is 2. The van der Waals surface area contributed by atoms with Crippen molar-refractivity contribution in [3.05, 3.63) is 24.0 Å². The summed E-state index contributed by atoms with van der Waals surface area (Å²) >= 11 is 0. The minimum absolute atomic E-state index is 0.674. The number of pyridine rings is 1. The predicted molar refractivity (Wildman–Crippen MR) is 72.2 cm³/mol. The molecule has 0 saturated heterocycles. The minimum atomic E-state index is 0.674. The maximum Gasteiger partial charge on any atom is 0.0429 e. The van der Waals surface area contributed by atoms with Crippen molar-refractivity contribution < 1.29 is 0 Å². The third-order valence-electron chi connectivity index (χ3n) is 3.69. The molecule has 0 radical (unpaired) electrons. The first-order chi connectivity index (χ1) is 8.33. The van der Waals surface area contributed by atoms with E-state index in [1.165, 1.54) is 43.4 Å². The van der Waals surface area contributed by atoms with E-state index in [1.807, 2.05) is 12.4 Å². The van der Waals surface area contributed by atoms with E-state index < -0.39 is 0 Å². The van der Waals surface area contributed by atoms with E-state index in [0.717, 1.165) is 13.1 Å². The van der Waals surface area contributed by atoms with Crippen molar-refractivity contribution in [2.75, 3.05) is 18.0 Å². The summed E-state index contributed by atoms with van der Waals surface area (Å²) in [4.78, 5) is 6.67. The summed E-state index contributed by atoms with van der Waals surface area (Å²) in [7, 11) is 0. The molecule has 1 fully saturated rings. The lowest BCUT2D eigenvalue weighted by Crippen LogP contribution is -2.40. The van der Waals surface area contributed by atoms with Crippen LogP contribution in [0.25, 0.3) is 0 Å². The van der Waals surface area contributed by atoms with Gasteiger partial charge in [-0.05, 0) is 31.4 Å². The molecule has 1 heterocycles. The molecular weight excluding hydrogens is 210 g/mol. The van der Waals surface area contributed by atoms with Crippen molar-refractivity contribution in [2.24, 2.45) is 5.73 Å². The van der Waals surface area contributed by atoms with Crippen LogP contribution in [0.5, 0.6) is 0 Å². The molecule has 0 aromatic carbocycles. The fourth-order valence-corrected chi connectivity index (χ4v) is 2.82. The predicted octanol–water partition coefficient (Wildman–Crippen LogP) is 2.49. The number of aromatic nitrogens is 1. The van der Waals surface area contributed by atoms with Gasteiger partial charge in [-0.25, -0.2) is 0 Å². The fraction of sp³-hybridized carbons (Fsp3) is 0.643. The van der Waals surface area contributed by atoms with Gasteiger partial charge in [0, 0.05) is 37.2 Å². The van der Waals surface area contributed by atoms with Crippen molar-refractivity contribution in [3.63, 3.8) is 0 Å². The molecule has 2 rings (SSSR count). The average Bonchev–Trinajstić information content (AvgIpc) is 2.38. The zero-order valence-corrected chi connectivity index (χ0v) is 10.7. The van der Waals surface area contributed by atoms with Gasteiger partial charge in [0.2, 0.25) is 0 Å². The van der Waals surface area contributed by atoms with Gasteiger partial charge >= 0.3 is 0 Å². The van der Waals surface area contributed by atoms with E-state index in [0.29, 0.717) is 6.04 Å². The van der Waals surface area contributed by atoms with Crippen molar-refractivity contribution in [1.82, 2.24) is 4.98 Å². The lowest BCUT2D eigenvalue weighted by molar-refractivity contribution is 0.415. The summed E-state index contributed by atoms with van der Waals surface area (Å²) in [6.07, 6.45) is 10.5. The zero-order chi connectivity index (χ0) is 12.1. The zero-order valence-electron chi connectivity index (χ0n) is 10.7. The molecule has 0 atom stereocenters. The molecule has 1 aliphatic carbocycles. The van der Waals surface area contributed by atoms with Gasteiger partial charge in [-0.3, -0.25) is 4.98 Å². The van der Waals surface area contributed by atoms with Gasteiger partial charge < -0.3 is 10.6 Å². The summed E-state index contributed by atoms with van der Waals surface area (Å²) in [5, 5.41) is 0. The van der Waals surface area contributed by atoms with E-state index >= 15 is 0 Å². The van der Waals surface area contributed by atoms with Crippen molar-refractivity contribution in [2.45, 2.75) is 45.1 Å². The van der Waals surface area contributed by atoms with Crippen LogP contribution in [-0.4, -0.2) is 24.1 Å². The number of hydrogen-bond donors (Lipinski definition) is 1. The van der Waals surface area contributed by atoms with E-state index in [-0.39, 0.29) is 0 Å². The number of aryl methyl sites for hydroxylation is 1. The Labute approximate surface area is 104 Å². The molecule has 1 aromatic rings. The summed E-state index contributed by atoms with van der Waals surface area (Å²) in [5.74, 6) is 0. The summed E-state index contributed by atoms with van der Waals surface area (Å²) in [5.41, 5.74) is 8.34. The van der Waals surface area contributed by atoms with Crippen LogP contribution in [-0.2, 0) is 0 Å². The Morgan fingerprint density at radius 1 is 1.35 bits per heavy atom. The normalized spacial score (nSPS) is 17.1. The highest BCUT2D eigenvalue weighted by Crippen LogP contribution is 2.28. The van der Waals surface area contributed by atoms with Gasteiger partial charge in [-0.1, -0.05) is 19.3 Å². The van der Waals surface area contributed by atoms with Gasteiger partial charge in [0.15, 0.2) is 0 Å². The molecular formula is C14H23N3. The largest absolute Gasteiger partial charge is 0.367 e. The molecule has 0 aliphatic heterocycles. The smallest absolute Gasteiger partial charge is 0.0429 e. The Balaban J connectivity index is 2.18. The van der Waals surface area contributed by atoms with Crippen LogP contribution in [0, 0.1) is 6.92 Å². The summed E-state index contributed by atoms with van der Waals surface area (Å²) in [6, 6.07) is 2.80.